The molecule has 0 N–H and O–H groups in total. The van der Waals surface area contributed by atoms with Gasteiger partial charge in [-0.2, -0.15) is 0 Å². The van der Waals surface area contributed by atoms with Gasteiger partial charge in [-0.15, -0.1) is 0 Å². The summed E-state index contributed by atoms with van der Waals surface area (Å²) in [7, 11) is 1.60. The van der Waals surface area contributed by atoms with Crippen molar-refractivity contribution in [2.24, 2.45) is 0 Å². The lowest BCUT2D eigenvalue weighted by atomic mass is 10.0. The van der Waals surface area contributed by atoms with E-state index in [9.17, 15) is 9.59 Å². The van der Waals surface area contributed by atoms with Crippen LogP contribution in [0.25, 0.3) is 22.1 Å². The Labute approximate surface area is 156 Å². The van der Waals surface area contributed by atoms with Crippen LogP contribution < -0.4 is 15.1 Å². The van der Waals surface area contributed by atoms with Crippen molar-refractivity contribution in [3.8, 4) is 22.6 Å². The van der Waals surface area contributed by atoms with Gasteiger partial charge in [-0.25, -0.2) is 9.59 Å². The van der Waals surface area contributed by atoms with Crippen molar-refractivity contribution in [3.63, 3.8) is 0 Å². The Kier molecular flexibility index (Phi) is 5.45. The largest absolute Gasteiger partial charge is 0.497 e. The van der Waals surface area contributed by atoms with Crippen LogP contribution >= 0.6 is 0 Å². The molecule has 0 saturated heterocycles. The Bertz CT molecular complexity index is 1000. The zero-order valence-electron chi connectivity index (χ0n) is 15.4. The van der Waals surface area contributed by atoms with Gasteiger partial charge in [-0.05, 0) is 49.2 Å². The van der Waals surface area contributed by atoms with E-state index in [4.69, 9.17) is 18.6 Å². The summed E-state index contributed by atoms with van der Waals surface area (Å²) in [4.78, 5) is 23.7. The van der Waals surface area contributed by atoms with E-state index in [1.165, 1.54) is 6.07 Å². The lowest BCUT2D eigenvalue weighted by molar-refractivity contribution is -0.150. The first kappa shape index (κ1) is 18.5. The van der Waals surface area contributed by atoms with Crippen LogP contribution in [-0.2, 0) is 9.53 Å². The Hall–Kier alpha value is -3.28. The van der Waals surface area contributed by atoms with E-state index in [2.05, 4.69) is 0 Å². The predicted molar refractivity (Wildman–Crippen MR) is 101 cm³/mol. The van der Waals surface area contributed by atoms with Crippen LogP contribution in [0.4, 0.5) is 0 Å². The van der Waals surface area contributed by atoms with Crippen molar-refractivity contribution >= 4 is 16.9 Å². The number of ether oxygens (including phenoxy) is 3. The molecule has 0 aliphatic heterocycles. The number of carbonyl (C=O) groups is 1. The molecule has 2 aromatic carbocycles. The molecule has 1 atom stereocenters. The molecule has 6 heteroatoms. The fourth-order valence-corrected chi connectivity index (χ4v) is 2.74. The maximum absolute atomic E-state index is 12.0. The fraction of sp³-hybridized carbons (Fsp3) is 0.238. The Morgan fingerprint density at radius 3 is 2.44 bits per heavy atom. The zero-order valence-corrected chi connectivity index (χ0v) is 15.4. The van der Waals surface area contributed by atoms with Gasteiger partial charge in [0.25, 0.3) is 0 Å². The van der Waals surface area contributed by atoms with Crippen LogP contribution in [0.1, 0.15) is 13.8 Å². The van der Waals surface area contributed by atoms with Gasteiger partial charge in [0.05, 0.1) is 13.7 Å². The Morgan fingerprint density at radius 1 is 1.07 bits per heavy atom. The second-order valence-corrected chi connectivity index (χ2v) is 5.88. The summed E-state index contributed by atoms with van der Waals surface area (Å²) in [6.07, 6.45) is -0.765. The molecule has 6 nitrogen and oxygen atoms in total. The molecule has 1 aromatic heterocycles. The topological polar surface area (TPSA) is 75.0 Å². The lowest BCUT2D eigenvalue weighted by Crippen LogP contribution is -2.26. The number of carbonyl (C=O) groups excluding carboxylic acids is 1. The van der Waals surface area contributed by atoms with Gasteiger partial charge in [-0.1, -0.05) is 12.1 Å². The SMILES string of the molecule is CCOC(=O)[C@H](C)Oc1ccc2c(-c3ccc(OC)cc3)cc(=O)oc2c1. The van der Waals surface area contributed by atoms with Gasteiger partial charge in [0.15, 0.2) is 6.10 Å². The Balaban J connectivity index is 1.98. The minimum absolute atomic E-state index is 0.282. The van der Waals surface area contributed by atoms with Gasteiger partial charge < -0.3 is 18.6 Å². The van der Waals surface area contributed by atoms with Crippen molar-refractivity contribution < 1.29 is 23.4 Å². The highest BCUT2D eigenvalue weighted by molar-refractivity contribution is 5.93. The van der Waals surface area contributed by atoms with Crippen LogP contribution in [0, 0.1) is 0 Å². The van der Waals surface area contributed by atoms with Crippen LogP contribution in [0.3, 0.4) is 0 Å². The molecule has 27 heavy (non-hydrogen) atoms. The average Bonchev–Trinajstić information content (AvgIpc) is 2.67. The number of fused-ring (bicyclic) bond motifs is 1. The monoisotopic (exact) mass is 368 g/mol. The highest BCUT2D eigenvalue weighted by Crippen LogP contribution is 2.31. The maximum atomic E-state index is 12.0. The fourth-order valence-electron chi connectivity index (χ4n) is 2.74. The first-order chi connectivity index (χ1) is 13.0. The number of esters is 1. The molecule has 0 fully saturated rings. The van der Waals surface area contributed by atoms with Crippen molar-refractivity contribution in [2.75, 3.05) is 13.7 Å². The summed E-state index contributed by atoms with van der Waals surface area (Å²) in [6, 6.07) is 14.0. The van der Waals surface area contributed by atoms with Crippen LogP contribution in [0.2, 0.25) is 0 Å². The van der Waals surface area contributed by atoms with E-state index in [0.717, 1.165) is 22.3 Å². The molecule has 1 heterocycles. The van der Waals surface area contributed by atoms with E-state index >= 15 is 0 Å². The number of methoxy groups -OCH3 is 1. The molecule has 0 aliphatic carbocycles. The van der Waals surface area contributed by atoms with Gasteiger partial charge >= 0.3 is 11.6 Å². The second kappa shape index (κ2) is 7.95. The summed E-state index contributed by atoms with van der Waals surface area (Å²) in [5, 5.41) is 0.760. The van der Waals surface area contributed by atoms with E-state index in [1.54, 1.807) is 39.2 Å². The molecule has 3 rings (SSSR count). The van der Waals surface area contributed by atoms with E-state index in [0.29, 0.717) is 11.3 Å². The number of benzene rings is 2. The zero-order chi connectivity index (χ0) is 19.4. The average molecular weight is 368 g/mol. The first-order valence-electron chi connectivity index (χ1n) is 8.57. The number of hydrogen-bond acceptors (Lipinski definition) is 6. The van der Waals surface area contributed by atoms with E-state index in [-0.39, 0.29) is 6.61 Å². The van der Waals surface area contributed by atoms with Gasteiger partial charge in [0.1, 0.15) is 17.1 Å². The van der Waals surface area contributed by atoms with Gasteiger partial charge in [0.2, 0.25) is 0 Å². The van der Waals surface area contributed by atoms with E-state index < -0.39 is 17.7 Å². The molecule has 0 amide bonds. The summed E-state index contributed by atoms with van der Waals surface area (Å²) in [5.74, 6) is 0.693. The predicted octanol–water partition coefficient (Wildman–Crippen LogP) is 3.80. The Morgan fingerprint density at radius 2 is 1.78 bits per heavy atom. The third-order valence-corrected chi connectivity index (χ3v) is 4.05. The van der Waals surface area contributed by atoms with Crippen molar-refractivity contribution in [2.45, 2.75) is 20.0 Å². The molecular formula is C21H20O6. The maximum Gasteiger partial charge on any atom is 0.347 e. The molecular weight excluding hydrogens is 348 g/mol. The summed E-state index contributed by atoms with van der Waals surface area (Å²) in [6.45, 7) is 3.62. The van der Waals surface area contributed by atoms with Crippen molar-refractivity contribution in [1.29, 1.82) is 0 Å². The standard InChI is InChI=1S/C21H20O6/c1-4-25-21(23)13(2)26-16-9-10-17-18(12-20(22)27-19(17)11-16)14-5-7-15(24-3)8-6-14/h5-13H,4H2,1-3H3/t13-/m0/s1. The van der Waals surface area contributed by atoms with Gasteiger partial charge in [-0.3, -0.25) is 0 Å². The molecule has 0 bridgehead atoms. The summed E-state index contributed by atoms with van der Waals surface area (Å²) in [5.41, 5.74) is 1.52. The second-order valence-electron chi connectivity index (χ2n) is 5.88. The molecule has 0 unspecified atom stereocenters. The minimum Gasteiger partial charge on any atom is -0.497 e. The third kappa shape index (κ3) is 4.11. The highest BCUT2D eigenvalue weighted by Gasteiger charge is 2.17. The van der Waals surface area contributed by atoms with E-state index in [1.807, 2.05) is 24.3 Å². The van der Waals surface area contributed by atoms with Crippen molar-refractivity contribution in [1.82, 2.24) is 0 Å². The number of rotatable bonds is 6. The smallest absolute Gasteiger partial charge is 0.347 e. The number of hydrogen-bond donors (Lipinski definition) is 0. The molecule has 0 saturated carbocycles. The molecule has 140 valence electrons. The highest BCUT2D eigenvalue weighted by atomic mass is 16.6. The third-order valence-electron chi connectivity index (χ3n) is 4.05. The lowest BCUT2D eigenvalue weighted by Gasteiger charge is -2.14. The normalized spacial score (nSPS) is 11.8. The molecule has 3 aromatic rings. The quantitative estimate of drug-likeness (QED) is 0.487. The van der Waals surface area contributed by atoms with Gasteiger partial charge in [0, 0.05) is 17.5 Å². The van der Waals surface area contributed by atoms with Crippen LogP contribution in [0.5, 0.6) is 11.5 Å². The van der Waals surface area contributed by atoms with Crippen molar-refractivity contribution in [3.05, 3.63) is 59.0 Å². The van der Waals surface area contributed by atoms with Crippen LogP contribution in [0.15, 0.2) is 57.7 Å². The summed E-state index contributed by atoms with van der Waals surface area (Å²) >= 11 is 0. The minimum atomic E-state index is -0.765. The first-order valence-corrected chi connectivity index (χ1v) is 8.57. The molecule has 0 radical (unpaired) electrons. The van der Waals surface area contributed by atoms with Crippen LogP contribution in [-0.4, -0.2) is 25.8 Å². The summed E-state index contributed by atoms with van der Waals surface area (Å²) < 4.78 is 21.0. The molecule has 0 spiro atoms. The molecule has 0 aliphatic rings.